The maximum atomic E-state index is 13.7. The van der Waals surface area contributed by atoms with Crippen LogP contribution in [0.3, 0.4) is 0 Å². The van der Waals surface area contributed by atoms with Crippen molar-refractivity contribution in [1.82, 2.24) is 0 Å². The second-order valence-corrected chi connectivity index (χ2v) is 42.8. The van der Waals surface area contributed by atoms with Gasteiger partial charge in [0.1, 0.15) is 64.1 Å². The first-order valence-corrected chi connectivity index (χ1v) is 61.0. The van der Waals surface area contributed by atoms with Crippen LogP contribution in [0.2, 0.25) is 0 Å². The molecule has 0 aromatic rings. The highest BCUT2D eigenvalue weighted by atomic mass is 16.6. The van der Waals surface area contributed by atoms with E-state index in [4.69, 9.17) is 47.4 Å². The van der Waals surface area contributed by atoms with Crippen LogP contribution in [0.25, 0.3) is 0 Å². The van der Waals surface area contributed by atoms with Crippen LogP contribution in [-0.2, 0) is 95.3 Å². The van der Waals surface area contributed by atoms with E-state index in [2.05, 4.69) is 55.4 Å². The predicted molar refractivity (Wildman–Crippen MR) is 582 cm³/mol. The molecule has 0 spiro atoms. The van der Waals surface area contributed by atoms with E-state index >= 15 is 0 Å². The Hall–Kier alpha value is -5.30. The van der Waals surface area contributed by atoms with Crippen LogP contribution in [0.15, 0.2) is 0 Å². The SMILES string of the molecule is CCCCCCCCCC(CCCCCCCC(=O)OCC(CC)(COC(=O)CCCCCCCC(CCCCCCCCC)OC(=O)CCCCCCC)COC(=O)CCCCC(=O)OCC(CC)(COC(=O)CCCCCCCC(CCCCCCCCC)OC(=O)CCCCCCC)COC(=O)CCCCCCCC(CCCCCCCCC)OC(=O)CCCCCCC)OC(=O)CCCCCCC. The summed E-state index contributed by atoms with van der Waals surface area (Å²) in [6, 6.07) is 0. The molecule has 0 aliphatic rings. The Morgan fingerprint density at radius 3 is 0.373 bits per heavy atom. The first-order chi connectivity index (χ1) is 69.2. The van der Waals surface area contributed by atoms with E-state index < -0.39 is 22.8 Å². The molecule has 0 aromatic heterocycles. The molecule has 0 bridgehead atoms. The molecule has 0 saturated carbocycles. The number of rotatable bonds is 111. The highest BCUT2D eigenvalue weighted by Gasteiger charge is 2.37. The Labute approximate surface area is 872 Å². The fraction of sp³-hybridized carbons (Fsp3) is 0.918. The number of hydrogen-bond donors (Lipinski definition) is 0. The van der Waals surface area contributed by atoms with Gasteiger partial charge in [-0.05, 0) is 180 Å². The summed E-state index contributed by atoms with van der Waals surface area (Å²) in [5, 5.41) is 0. The largest absolute Gasteiger partial charge is 0.465 e. The molecule has 0 fully saturated rings. The van der Waals surface area contributed by atoms with Crippen molar-refractivity contribution >= 4 is 59.7 Å². The molecular formula is C122H226O20. The molecule has 20 heteroatoms. The highest BCUT2D eigenvalue weighted by molar-refractivity contribution is 5.73. The third-order valence-corrected chi connectivity index (χ3v) is 29.0. The molecule has 0 radical (unpaired) electrons. The molecule has 0 saturated heterocycles. The maximum Gasteiger partial charge on any atom is 0.306 e. The van der Waals surface area contributed by atoms with Gasteiger partial charge in [0.15, 0.2) is 0 Å². The Morgan fingerprint density at radius 1 is 0.141 bits per heavy atom. The first kappa shape index (κ1) is 137. The maximum absolute atomic E-state index is 13.7. The average Bonchev–Trinajstić information content (AvgIpc) is 0.864. The molecule has 0 aromatic carbocycles. The summed E-state index contributed by atoms with van der Waals surface area (Å²) in [4.78, 5) is 134. The van der Waals surface area contributed by atoms with Crippen LogP contribution in [-0.4, -0.2) is 124 Å². The fourth-order valence-corrected chi connectivity index (χ4v) is 18.8. The molecule has 4 unspecified atom stereocenters. The smallest absolute Gasteiger partial charge is 0.306 e. The van der Waals surface area contributed by atoms with Gasteiger partial charge in [-0.25, -0.2) is 0 Å². The van der Waals surface area contributed by atoms with Crippen molar-refractivity contribution in [2.75, 3.05) is 39.6 Å². The lowest BCUT2D eigenvalue weighted by Gasteiger charge is -2.31. The standard InChI is InChI=1S/C122H226O20/c1-11-21-29-37-41-53-65-83-107(139-117(129)97-77-49-33-25-15-5)87-69-57-45-61-73-91-111(123)133-101-121(19-9,102-134-112(124)92-74-62-46-58-70-88-108(84-66-54-42-38-30-22-12-2)140-118(130)98-78-50-34-26-16-6)105-137-115(127)95-81-82-96-116(128)138-106-122(20-10,103-135-113(125)93-75-63-47-59-71-89-109(85-67-55-43-39-31-23-13-3)141-119(131)99-79-51-35-27-17-7)104-136-114(126)94-76-64-48-60-72-90-110(86-68-56-44-40-32-24-14-4)142-120(132)100-80-52-36-28-18-8/h107-110H,11-106H2,1-10H3. The highest BCUT2D eigenvalue weighted by Crippen LogP contribution is 2.31. The van der Waals surface area contributed by atoms with Crippen molar-refractivity contribution in [2.45, 2.75) is 672 Å². The van der Waals surface area contributed by atoms with Gasteiger partial charge in [0.2, 0.25) is 0 Å². The Balaban J connectivity index is 6.36. The molecule has 834 valence electrons. The Kier molecular flexibility index (Phi) is 99.0. The Morgan fingerprint density at radius 2 is 0.246 bits per heavy atom. The van der Waals surface area contributed by atoms with Crippen molar-refractivity contribution in [3.63, 3.8) is 0 Å². The predicted octanol–water partition coefficient (Wildman–Crippen LogP) is 35.2. The van der Waals surface area contributed by atoms with Crippen molar-refractivity contribution in [3.8, 4) is 0 Å². The van der Waals surface area contributed by atoms with Gasteiger partial charge in [-0.2, -0.15) is 0 Å². The van der Waals surface area contributed by atoms with Crippen LogP contribution >= 0.6 is 0 Å². The molecule has 0 N–H and O–H groups in total. The lowest BCUT2D eigenvalue weighted by atomic mass is 9.88. The second-order valence-electron chi connectivity index (χ2n) is 42.8. The summed E-state index contributed by atoms with van der Waals surface area (Å²) >= 11 is 0. The van der Waals surface area contributed by atoms with E-state index in [-0.39, 0.29) is 150 Å². The van der Waals surface area contributed by atoms with Crippen LogP contribution in [0, 0.1) is 10.8 Å². The third kappa shape index (κ3) is 89.9. The summed E-state index contributed by atoms with van der Waals surface area (Å²) < 4.78 is 60.3. The molecule has 0 amide bonds. The van der Waals surface area contributed by atoms with E-state index in [1.165, 1.54) is 154 Å². The van der Waals surface area contributed by atoms with Crippen molar-refractivity contribution in [1.29, 1.82) is 0 Å². The minimum absolute atomic E-state index is 0.0154. The molecule has 0 aliphatic carbocycles. The first-order valence-electron chi connectivity index (χ1n) is 61.0. The van der Waals surface area contributed by atoms with Gasteiger partial charge >= 0.3 is 59.7 Å². The van der Waals surface area contributed by atoms with Crippen molar-refractivity contribution in [2.24, 2.45) is 10.8 Å². The quantitative estimate of drug-likeness (QED) is 0.0311. The van der Waals surface area contributed by atoms with Crippen LogP contribution < -0.4 is 0 Å². The Bertz CT molecular complexity index is 2570. The van der Waals surface area contributed by atoms with E-state index in [9.17, 15) is 47.9 Å². The van der Waals surface area contributed by atoms with E-state index in [0.717, 1.165) is 308 Å². The molecule has 0 aliphatic heterocycles. The number of ether oxygens (including phenoxy) is 10. The summed E-state index contributed by atoms with van der Waals surface area (Å²) in [5.74, 6) is -2.85. The minimum Gasteiger partial charge on any atom is -0.465 e. The summed E-state index contributed by atoms with van der Waals surface area (Å²) in [7, 11) is 0. The van der Waals surface area contributed by atoms with E-state index in [1.807, 2.05) is 13.8 Å². The average molecular weight is 2010 g/mol. The van der Waals surface area contributed by atoms with Crippen LogP contribution in [0.5, 0.6) is 0 Å². The molecule has 4 atom stereocenters. The molecule has 0 heterocycles. The zero-order valence-electron chi connectivity index (χ0n) is 94.4. The van der Waals surface area contributed by atoms with E-state index in [1.54, 1.807) is 0 Å². The third-order valence-electron chi connectivity index (χ3n) is 29.0. The number of unbranched alkanes of at least 4 members (excludes halogenated alkanes) is 57. The minimum atomic E-state index is -1.03. The summed E-state index contributed by atoms with van der Waals surface area (Å²) in [5.41, 5.74) is -2.05. The van der Waals surface area contributed by atoms with Gasteiger partial charge in [0.05, 0.1) is 10.8 Å². The summed E-state index contributed by atoms with van der Waals surface area (Å²) in [6.45, 7) is 20.7. The molecule has 142 heavy (non-hydrogen) atoms. The molecule has 0 rings (SSSR count). The van der Waals surface area contributed by atoms with Gasteiger partial charge in [-0.15, -0.1) is 0 Å². The van der Waals surface area contributed by atoms with Crippen molar-refractivity contribution < 1.29 is 95.3 Å². The van der Waals surface area contributed by atoms with Crippen LogP contribution in [0.4, 0.5) is 0 Å². The number of hydrogen-bond acceptors (Lipinski definition) is 20. The van der Waals surface area contributed by atoms with Gasteiger partial charge in [-0.1, -0.05) is 403 Å². The number of carbonyl (C=O) groups excluding carboxylic acids is 10. The second kappa shape index (κ2) is 103. The summed E-state index contributed by atoms with van der Waals surface area (Å²) in [6.07, 6.45) is 83.6. The van der Waals surface area contributed by atoms with Gasteiger partial charge in [0.25, 0.3) is 0 Å². The zero-order valence-corrected chi connectivity index (χ0v) is 94.4. The number of esters is 10. The van der Waals surface area contributed by atoms with Crippen molar-refractivity contribution in [3.05, 3.63) is 0 Å². The normalized spacial score (nSPS) is 13.2. The molecular weight excluding hydrogens is 1790 g/mol. The monoisotopic (exact) mass is 2010 g/mol. The van der Waals surface area contributed by atoms with Gasteiger partial charge in [-0.3, -0.25) is 47.9 Å². The zero-order chi connectivity index (χ0) is 104. The van der Waals surface area contributed by atoms with Gasteiger partial charge in [0, 0.05) is 64.2 Å². The lowest BCUT2D eigenvalue weighted by Crippen LogP contribution is -2.39. The topological polar surface area (TPSA) is 263 Å². The van der Waals surface area contributed by atoms with E-state index in [0.29, 0.717) is 77.0 Å². The molecule has 20 nitrogen and oxygen atoms in total. The number of carbonyl (C=O) groups is 10. The van der Waals surface area contributed by atoms with Crippen LogP contribution in [0.1, 0.15) is 647 Å². The lowest BCUT2D eigenvalue weighted by molar-refractivity contribution is -0.165. The fourth-order valence-electron chi connectivity index (χ4n) is 18.8. The van der Waals surface area contributed by atoms with Gasteiger partial charge < -0.3 is 47.4 Å².